The van der Waals surface area contributed by atoms with Crippen LogP contribution in [0.1, 0.15) is 58.3 Å². The number of fused-ring (bicyclic) bond motifs is 1. The zero-order valence-electron chi connectivity index (χ0n) is 15.2. The lowest BCUT2D eigenvalue weighted by atomic mass is 9.72. The Kier molecular flexibility index (Phi) is 4.88. The van der Waals surface area contributed by atoms with Crippen LogP contribution < -0.4 is 11.1 Å². The first kappa shape index (κ1) is 18.6. The molecule has 2 aromatic rings. The molecule has 1 heterocycles. The summed E-state index contributed by atoms with van der Waals surface area (Å²) in [5.74, 6) is -0.779. The number of amides is 2. The SMILES string of the molecule is CC(C)(C)[C@H]1CCc2c(sc(NC(=O)c3ccc(F)cc3)c2C(N)=O)C1. The maximum Gasteiger partial charge on any atom is 0.256 e. The number of rotatable bonds is 3. The molecule has 138 valence electrons. The number of hydrogen-bond donors (Lipinski definition) is 2. The predicted octanol–water partition coefficient (Wildman–Crippen LogP) is 4.39. The standard InChI is InChI=1S/C20H23FN2O2S/c1-20(2,3)12-6-9-14-15(10-12)26-19(16(14)17(22)24)23-18(25)11-4-7-13(21)8-5-11/h4-5,7-8,12H,6,9-10H2,1-3H3,(H2,22,24)(H,23,25)/t12-/m0/s1. The van der Waals surface area contributed by atoms with Crippen molar-refractivity contribution in [1.29, 1.82) is 0 Å². The second kappa shape index (κ2) is 6.83. The highest BCUT2D eigenvalue weighted by atomic mass is 32.1. The van der Waals surface area contributed by atoms with Crippen LogP contribution in [0, 0.1) is 17.2 Å². The van der Waals surface area contributed by atoms with E-state index in [1.165, 1.54) is 35.6 Å². The average Bonchev–Trinajstić information content (AvgIpc) is 2.91. The lowest BCUT2D eigenvalue weighted by Crippen LogP contribution is -2.27. The Morgan fingerprint density at radius 1 is 1.23 bits per heavy atom. The Bertz CT molecular complexity index is 850. The first-order valence-corrected chi connectivity index (χ1v) is 9.49. The summed E-state index contributed by atoms with van der Waals surface area (Å²) in [6, 6.07) is 5.30. The molecule has 0 aliphatic heterocycles. The molecule has 0 spiro atoms. The minimum Gasteiger partial charge on any atom is -0.365 e. The molecule has 1 aromatic heterocycles. The van der Waals surface area contributed by atoms with Crippen LogP contribution in [0.25, 0.3) is 0 Å². The van der Waals surface area contributed by atoms with Crippen LogP contribution in [0.5, 0.6) is 0 Å². The van der Waals surface area contributed by atoms with Gasteiger partial charge >= 0.3 is 0 Å². The van der Waals surface area contributed by atoms with Gasteiger partial charge in [0, 0.05) is 10.4 Å². The van der Waals surface area contributed by atoms with Gasteiger partial charge in [-0.15, -0.1) is 11.3 Å². The Hall–Kier alpha value is -2.21. The van der Waals surface area contributed by atoms with Crippen molar-refractivity contribution in [2.75, 3.05) is 5.32 Å². The maximum atomic E-state index is 13.0. The molecule has 1 aliphatic rings. The number of halogens is 1. The van der Waals surface area contributed by atoms with Crippen molar-refractivity contribution >= 4 is 28.2 Å². The third kappa shape index (κ3) is 3.65. The third-order valence-corrected chi connectivity index (χ3v) is 6.24. The van der Waals surface area contributed by atoms with Crippen LogP contribution in [0.4, 0.5) is 9.39 Å². The molecule has 0 saturated carbocycles. The van der Waals surface area contributed by atoms with Gasteiger partial charge in [0.15, 0.2) is 0 Å². The molecule has 0 radical (unpaired) electrons. The first-order chi connectivity index (χ1) is 12.2. The van der Waals surface area contributed by atoms with Crippen LogP contribution in [0.3, 0.4) is 0 Å². The van der Waals surface area contributed by atoms with Crippen molar-refractivity contribution in [3.63, 3.8) is 0 Å². The monoisotopic (exact) mass is 374 g/mol. The van der Waals surface area contributed by atoms with Gasteiger partial charge < -0.3 is 11.1 Å². The number of hydrogen-bond acceptors (Lipinski definition) is 3. The molecule has 0 fully saturated rings. The van der Waals surface area contributed by atoms with E-state index in [9.17, 15) is 14.0 Å². The normalized spacial score (nSPS) is 16.8. The highest BCUT2D eigenvalue weighted by Gasteiger charge is 2.33. The summed E-state index contributed by atoms with van der Waals surface area (Å²) in [6.07, 6.45) is 2.67. The van der Waals surface area contributed by atoms with Crippen LogP contribution in [0.2, 0.25) is 0 Å². The number of anilines is 1. The molecular weight excluding hydrogens is 351 g/mol. The molecule has 0 saturated heterocycles. The lowest BCUT2D eigenvalue weighted by Gasteiger charge is -2.33. The molecule has 3 N–H and O–H groups in total. The van der Waals surface area contributed by atoms with Gasteiger partial charge in [-0.25, -0.2) is 4.39 Å². The molecule has 1 aliphatic carbocycles. The Morgan fingerprint density at radius 3 is 2.46 bits per heavy atom. The van der Waals surface area contributed by atoms with E-state index in [0.717, 1.165) is 29.7 Å². The predicted molar refractivity (Wildman–Crippen MR) is 102 cm³/mol. The van der Waals surface area contributed by atoms with Gasteiger partial charge in [0.25, 0.3) is 11.8 Å². The molecular formula is C20H23FN2O2S. The highest BCUT2D eigenvalue weighted by molar-refractivity contribution is 7.17. The van der Waals surface area contributed by atoms with E-state index in [1.54, 1.807) is 0 Å². The summed E-state index contributed by atoms with van der Waals surface area (Å²) >= 11 is 1.43. The number of thiophene rings is 1. The van der Waals surface area contributed by atoms with Gasteiger partial charge in [0.1, 0.15) is 10.8 Å². The van der Waals surface area contributed by atoms with Gasteiger partial charge in [0.05, 0.1) is 5.56 Å². The molecule has 4 nitrogen and oxygen atoms in total. The number of nitrogens with two attached hydrogens (primary N) is 1. The molecule has 26 heavy (non-hydrogen) atoms. The van der Waals surface area contributed by atoms with Crippen molar-refractivity contribution in [3.05, 3.63) is 51.7 Å². The van der Waals surface area contributed by atoms with E-state index in [-0.39, 0.29) is 11.3 Å². The molecule has 2 amide bonds. The molecule has 3 rings (SSSR count). The second-order valence-corrected chi connectivity index (χ2v) is 8.94. The Balaban J connectivity index is 1.91. The number of carbonyl (C=O) groups is 2. The number of nitrogens with one attached hydrogen (secondary N) is 1. The summed E-state index contributed by atoms with van der Waals surface area (Å²) < 4.78 is 13.0. The van der Waals surface area contributed by atoms with Crippen LogP contribution >= 0.6 is 11.3 Å². The maximum absolute atomic E-state index is 13.0. The minimum atomic E-state index is -0.522. The van der Waals surface area contributed by atoms with Crippen molar-refractivity contribution in [2.24, 2.45) is 17.1 Å². The van der Waals surface area contributed by atoms with E-state index >= 15 is 0 Å². The van der Waals surface area contributed by atoms with Crippen LogP contribution in [0.15, 0.2) is 24.3 Å². The van der Waals surface area contributed by atoms with Crippen molar-refractivity contribution < 1.29 is 14.0 Å². The van der Waals surface area contributed by atoms with Crippen LogP contribution in [-0.2, 0) is 12.8 Å². The average molecular weight is 374 g/mol. The van der Waals surface area contributed by atoms with E-state index < -0.39 is 11.7 Å². The van der Waals surface area contributed by atoms with Crippen LogP contribution in [-0.4, -0.2) is 11.8 Å². The summed E-state index contributed by atoms with van der Waals surface area (Å²) in [7, 11) is 0. The van der Waals surface area contributed by atoms with Gasteiger partial charge in [-0.3, -0.25) is 9.59 Å². The van der Waals surface area contributed by atoms with Gasteiger partial charge in [-0.2, -0.15) is 0 Å². The number of primary amides is 1. The number of carbonyl (C=O) groups excluding carboxylic acids is 2. The van der Waals surface area contributed by atoms with E-state index in [0.29, 0.717) is 22.0 Å². The van der Waals surface area contributed by atoms with Crippen molar-refractivity contribution in [1.82, 2.24) is 0 Å². The molecule has 1 aromatic carbocycles. The molecule has 0 unspecified atom stereocenters. The first-order valence-electron chi connectivity index (χ1n) is 8.68. The van der Waals surface area contributed by atoms with E-state index in [1.807, 2.05) is 0 Å². The largest absolute Gasteiger partial charge is 0.365 e. The number of benzene rings is 1. The fourth-order valence-corrected chi connectivity index (χ4v) is 4.78. The van der Waals surface area contributed by atoms with E-state index in [2.05, 4.69) is 26.1 Å². The Morgan fingerprint density at radius 2 is 1.88 bits per heavy atom. The zero-order valence-corrected chi connectivity index (χ0v) is 16.0. The van der Waals surface area contributed by atoms with Crippen molar-refractivity contribution in [2.45, 2.75) is 40.0 Å². The van der Waals surface area contributed by atoms with Crippen molar-refractivity contribution in [3.8, 4) is 0 Å². The smallest absolute Gasteiger partial charge is 0.256 e. The van der Waals surface area contributed by atoms with Gasteiger partial charge in [-0.05, 0) is 60.4 Å². The topological polar surface area (TPSA) is 72.2 Å². The summed E-state index contributed by atoms with van der Waals surface area (Å²) in [5.41, 5.74) is 7.52. The fraction of sp³-hybridized carbons (Fsp3) is 0.400. The molecule has 6 heteroatoms. The van der Waals surface area contributed by atoms with Gasteiger partial charge in [-0.1, -0.05) is 20.8 Å². The summed E-state index contributed by atoms with van der Waals surface area (Å²) in [5, 5.41) is 3.29. The quantitative estimate of drug-likeness (QED) is 0.836. The summed E-state index contributed by atoms with van der Waals surface area (Å²) in [6.45, 7) is 6.67. The lowest BCUT2D eigenvalue weighted by molar-refractivity contribution is 0.1000. The summed E-state index contributed by atoms with van der Waals surface area (Å²) in [4.78, 5) is 25.6. The van der Waals surface area contributed by atoms with E-state index in [4.69, 9.17) is 5.73 Å². The zero-order chi connectivity index (χ0) is 19.1. The molecule has 0 bridgehead atoms. The Labute approximate surface area is 156 Å². The highest BCUT2D eigenvalue weighted by Crippen LogP contribution is 2.44. The molecule has 1 atom stereocenters. The van der Waals surface area contributed by atoms with Gasteiger partial charge in [0.2, 0.25) is 0 Å². The minimum absolute atomic E-state index is 0.187. The fourth-order valence-electron chi connectivity index (χ4n) is 3.45. The third-order valence-electron chi connectivity index (χ3n) is 5.07. The second-order valence-electron chi connectivity index (χ2n) is 7.84.